The Kier molecular flexibility index (Phi) is 3.85. The molecule has 2 rings (SSSR count). The van der Waals surface area contributed by atoms with Gasteiger partial charge in [0.05, 0.1) is 0 Å². The summed E-state index contributed by atoms with van der Waals surface area (Å²) >= 11 is 5.18. The van der Waals surface area contributed by atoms with Gasteiger partial charge in [0, 0.05) is 33.2 Å². The zero-order chi connectivity index (χ0) is 11.4. The van der Waals surface area contributed by atoms with Crippen LogP contribution in [0.4, 0.5) is 5.69 Å². The highest BCUT2D eigenvalue weighted by atomic mass is 79.9. The lowest BCUT2D eigenvalue weighted by molar-refractivity contribution is 1.27. The molecule has 0 radical (unpaired) electrons. The second-order valence-electron chi connectivity index (χ2n) is 3.33. The average Bonchev–Trinajstić information content (AvgIpc) is 2.32. The van der Waals surface area contributed by atoms with Crippen LogP contribution in [-0.2, 0) is 5.75 Å². The molecule has 0 aliphatic rings. The van der Waals surface area contributed by atoms with E-state index in [4.69, 9.17) is 5.73 Å². The molecule has 1 heterocycles. The van der Waals surface area contributed by atoms with Gasteiger partial charge in [0.15, 0.2) is 0 Å². The van der Waals surface area contributed by atoms with E-state index in [-0.39, 0.29) is 0 Å². The number of nitrogens with zero attached hydrogens (tertiary/aromatic N) is 1. The van der Waals surface area contributed by atoms with Crippen molar-refractivity contribution in [1.29, 1.82) is 0 Å². The minimum atomic E-state index is 0.822. The van der Waals surface area contributed by atoms with Crippen LogP contribution in [-0.4, -0.2) is 4.98 Å². The van der Waals surface area contributed by atoms with Crippen LogP contribution in [0.3, 0.4) is 0 Å². The first-order chi connectivity index (χ1) is 7.75. The molecule has 0 unspecified atom stereocenters. The fraction of sp³-hybridized carbons (Fsp3) is 0.0833. The maximum Gasteiger partial charge on any atom is 0.0453 e. The summed E-state index contributed by atoms with van der Waals surface area (Å²) in [6.45, 7) is 0. The van der Waals surface area contributed by atoms with E-state index >= 15 is 0 Å². The summed E-state index contributed by atoms with van der Waals surface area (Å²) in [5, 5.41) is 0. The van der Waals surface area contributed by atoms with Crippen LogP contribution in [0.5, 0.6) is 0 Å². The number of anilines is 1. The Balaban J connectivity index is 2.08. The van der Waals surface area contributed by atoms with Crippen LogP contribution >= 0.6 is 27.7 Å². The van der Waals surface area contributed by atoms with E-state index in [1.165, 1.54) is 5.56 Å². The van der Waals surface area contributed by atoms with Gasteiger partial charge in [-0.1, -0.05) is 15.9 Å². The van der Waals surface area contributed by atoms with Crippen LogP contribution in [0.1, 0.15) is 5.56 Å². The Bertz CT molecular complexity index is 474. The van der Waals surface area contributed by atoms with Crippen molar-refractivity contribution in [3.8, 4) is 0 Å². The van der Waals surface area contributed by atoms with E-state index in [9.17, 15) is 0 Å². The number of hydrogen-bond acceptors (Lipinski definition) is 3. The van der Waals surface area contributed by atoms with Gasteiger partial charge in [0.2, 0.25) is 0 Å². The molecule has 2 nitrogen and oxygen atoms in total. The molecule has 0 saturated heterocycles. The number of hydrogen-bond donors (Lipinski definition) is 1. The summed E-state index contributed by atoms with van der Waals surface area (Å²) in [5.41, 5.74) is 7.97. The molecule has 2 N–H and O–H groups in total. The highest BCUT2D eigenvalue weighted by molar-refractivity contribution is 9.10. The maximum absolute atomic E-state index is 5.90. The van der Waals surface area contributed by atoms with Gasteiger partial charge < -0.3 is 5.73 Å². The minimum absolute atomic E-state index is 0.822. The average molecular weight is 295 g/mol. The molecular weight excluding hydrogens is 284 g/mol. The van der Waals surface area contributed by atoms with Crippen molar-refractivity contribution in [1.82, 2.24) is 4.98 Å². The number of nitrogen functional groups attached to an aromatic ring is 1. The zero-order valence-corrected chi connectivity index (χ0v) is 11.0. The smallest absolute Gasteiger partial charge is 0.0453 e. The lowest BCUT2D eigenvalue weighted by Crippen LogP contribution is -1.89. The van der Waals surface area contributed by atoms with E-state index in [1.54, 1.807) is 24.2 Å². The van der Waals surface area contributed by atoms with Gasteiger partial charge in [0.1, 0.15) is 0 Å². The Morgan fingerprint density at radius 1 is 1.19 bits per heavy atom. The van der Waals surface area contributed by atoms with E-state index < -0.39 is 0 Å². The Morgan fingerprint density at radius 3 is 2.69 bits per heavy atom. The van der Waals surface area contributed by atoms with Crippen molar-refractivity contribution in [3.63, 3.8) is 0 Å². The largest absolute Gasteiger partial charge is 0.398 e. The third-order valence-electron chi connectivity index (χ3n) is 2.12. The van der Waals surface area contributed by atoms with Crippen LogP contribution < -0.4 is 5.73 Å². The fourth-order valence-corrected chi connectivity index (χ4v) is 2.75. The lowest BCUT2D eigenvalue weighted by atomic mass is 10.3. The molecule has 0 spiro atoms. The van der Waals surface area contributed by atoms with Gasteiger partial charge in [-0.15, -0.1) is 11.8 Å². The third-order valence-corrected chi connectivity index (χ3v) is 3.75. The van der Waals surface area contributed by atoms with Crippen molar-refractivity contribution in [2.45, 2.75) is 10.6 Å². The molecular formula is C12H11BrN2S. The van der Waals surface area contributed by atoms with Crippen molar-refractivity contribution >= 4 is 33.4 Å². The normalized spacial score (nSPS) is 10.3. The molecule has 0 bridgehead atoms. The highest BCUT2D eigenvalue weighted by Crippen LogP contribution is 2.30. The van der Waals surface area contributed by atoms with Gasteiger partial charge in [-0.25, -0.2) is 0 Å². The molecule has 82 valence electrons. The molecule has 16 heavy (non-hydrogen) atoms. The van der Waals surface area contributed by atoms with Gasteiger partial charge in [0.25, 0.3) is 0 Å². The van der Waals surface area contributed by atoms with Gasteiger partial charge in [-0.05, 0) is 35.9 Å². The SMILES string of the molecule is Nc1ccc(Br)cc1SCc1ccncc1. The monoisotopic (exact) mass is 294 g/mol. The summed E-state index contributed by atoms with van der Waals surface area (Å²) in [4.78, 5) is 5.09. The number of nitrogens with two attached hydrogens (primary N) is 1. The Labute approximate surface area is 107 Å². The number of thioether (sulfide) groups is 1. The zero-order valence-electron chi connectivity index (χ0n) is 8.56. The minimum Gasteiger partial charge on any atom is -0.398 e. The second kappa shape index (κ2) is 5.37. The molecule has 0 aliphatic heterocycles. The molecule has 0 saturated carbocycles. The van der Waals surface area contributed by atoms with Gasteiger partial charge in [-0.3, -0.25) is 4.98 Å². The van der Waals surface area contributed by atoms with E-state index in [1.807, 2.05) is 30.3 Å². The number of halogens is 1. The molecule has 0 atom stereocenters. The molecule has 4 heteroatoms. The lowest BCUT2D eigenvalue weighted by Gasteiger charge is -2.05. The van der Waals surface area contributed by atoms with Crippen molar-refractivity contribution < 1.29 is 0 Å². The molecule has 0 amide bonds. The first kappa shape index (κ1) is 11.5. The van der Waals surface area contributed by atoms with Crippen LogP contribution in [0, 0.1) is 0 Å². The number of pyridine rings is 1. The van der Waals surface area contributed by atoms with Crippen LogP contribution in [0.2, 0.25) is 0 Å². The van der Waals surface area contributed by atoms with Crippen LogP contribution in [0.25, 0.3) is 0 Å². The van der Waals surface area contributed by atoms with Gasteiger partial charge in [-0.2, -0.15) is 0 Å². The first-order valence-electron chi connectivity index (χ1n) is 4.82. The predicted molar refractivity (Wildman–Crippen MR) is 72.4 cm³/mol. The number of aromatic nitrogens is 1. The molecule has 1 aromatic carbocycles. The summed E-state index contributed by atoms with van der Waals surface area (Å²) in [6.07, 6.45) is 3.61. The predicted octanol–water partition coefficient (Wildman–Crippen LogP) is 3.72. The van der Waals surface area contributed by atoms with Crippen LogP contribution in [0.15, 0.2) is 52.1 Å². The second-order valence-corrected chi connectivity index (χ2v) is 5.26. The summed E-state index contributed by atoms with van der Waals surface area (Å²) in [5.74, 6) is 0.906. The van der Waals surface area contributed by atoms with Crippen molar-refractivity contribution in [2.24, 2.45) is 0 Å². The molecule has 1 aromatic heterocycles. The quantitative estimate of drug-likeness (QED) is 0.693. The van der Waals surface area contributed by atoms with E-state index in [0.29, 0.717) is 0 Å². The van der Waals surface area contributed by atoms with E-state index in [0.717, 1.165) is 20.8 Å². The van der Waals surface area contributed by atoms with Gasteiger partial charge >= 0.3 is 0 Å². The number of rotatable bonds is 3. The Hall–Kier alpha value is -1.00. The topological polar surface area (TPSA) is 38.9 Å². The van der Waals surface area contributed by atoms with E-state index in [2.05, 4.69) is 20.9 Å². The third kappa shape index (κ3) is 3.00. The molecule has 2 aromatic rings. The molecule has 0 aliphatic carbocycles. The summed E-state index contributed by atoms with van der Waals surface area (Å²) < 4.78 is 1.05. The molecule has 0 fully saturated rings. The maximum atomic E-state index is 5.90. The van der Waals surface area contributed by atoms with Crippen molar-refractivity contribution in [2.75, 3.05) is 5.73 Å². The van der Waals surface area contributed by atoms with Crippen molar-refractivity contribution in [3.05, 3.63) is 52.8 Å². The summed E-state index contributed by atoms with van der Waals surface area (Å²) in [6, 6.07) is 9.94. The Morgan fingerprint density at radius 2 is 1.94 bits per heavy atom. The number of benzene rings is 1. The summed E-state index contributed by atoms with van der Waals surface area (Å²) in [7, 11) is 0. The fourth-order valence-electron chi connectivity index (χ4n) is 1.27. The first-order valence-corrected chi connectivity index (χ1v) is 6.60. The standard InChI is InChI=1S/C12H11BrN2S/c13-10-1-2-11(14)12(7-10)16-8-9-3-5-15-6-4-9/h1-7H,8,14H2. The highest BCUT2D eigenvalue weighted by Gasteiger charge is 2.01.